The number of anilines is 1. The number of rotatable bonds is 6. The fourth-order valence-corrected chi connectivity index (χ4v) is 6.33. The van der Waals surface area contributed by atoms with E-state index in [9.17, 15) is 18.0 Å². The highest BCUT2D eigenvalue weighted by atomic mass is 35.5. The Morgan fingerprint density at radius 1 is 1.05 bits per heavy atom. The van der Waals surface area contributed by atoms with Crippen LogP contribution in [0.3, 0.4) is 0 Å². The Hall–Kier alpha value is -2.29. The number of nitrogens with zero attached hydrogens (tertiary/aromatic N) is 3. The van der Waals surface area contributed by atoms with Gasteiger partial charge in [-0.05, 0) is 67.6 Å². The molecule has 0 bridgehead atoms. The van der Waals surface area contributed by atoms with Gasteiger partial charge in [0.05, 0.1) is 24.7 Å². The first-order chi connectivity index (χ1) is 18.3. The lowest BCUT2D eigenvalue weighted by Crippen LogP contribution is -2.63. The van der Waals surface area contributed by atoms with Crippen molar-refractivity contribution < 1.29 is 22.4 Å². The van der Waals surface area contributed by atoms with Crippen molar-refractivity contribution in [3.05, 3.63) is 64.2 Å². The van der Waals surface area contributed by atoms with Gasteiger partial charge in [-0.3, -0.25) is 4.90 Å². The topological polar surface area (TPSA) is 49.6 Å². The van der Waals surface area contributed by atoms with Crippen LogP contribution in [0.4, 0.5) is 23.7 Å². The molecule has 2 saturated heterocycles. The predicted octanol–water partition coefficient (Wildman–Crippen LogP) is 7.06. The molecule has 2 aliphatic heterocycles. The summed E-state index contributed by atoms with van der Waals surface area (Å²) in [6.07, 6.45) is -2.89. The molecule has 2 unspecified atom stereocenters. The maximum atomic E-state index is 14.0. The van der Waals surface area contributed by atoms with E-state index in [-0.39, 0.29) is 18.0 Å². The van der Waals surface area contributed by atoms with E-state index in [0.717, 1.165) is 31.3 Å². The van der Waals surface area contributed by atoms with Crippen LogP contribution in [0.2, 0.25) is 5.02 Å². The Labute approximate surface area is 235 Å². The lowest BCUT2D eigenvalue weighted by Gasteiger charge is -2.43. The smallest absolute Gasteiger partial charge is 0.368 e. The van der Waals surface area contributed by atoms with Gasteiger partial charge < -0.3 is 10.6 Å². The Balaban J connectivity index is 1.50. The van der Waals surface area contributed by atoms with Gasteiger partial charge in [-0.25, -0.2) is 9.28 Å². The molecule has 4 rings (SSSR count). The minimum absolute atomic E-state index is 0.142. The summed E-state index contributed by atoms with van der Waals surface area (Å²) in [5.74, 6) is 0.553. The zero-order valence-electron chi connectivity index (χ0n) is 23.3. The molecule has 2 aliphatic rings. The summed E-state index contributed by atoms with van der Waals surface area (Å²) >= 11 is 6.08. The number of alkyl halides is 3. The maximum absolute atomic E-state index is 14.0. The molecule has 2 heterocycles. The molecule has 3 atom stereocenters. The van der Waals surface area contributed by atoms with E-state index >= 15 is 0 Å². The van der Waals surface area contributed by atoms with Crippen LogP contribution in [0.15, 0.2) is 42.5 Å². The average Bonchev–Trinajstić information content (AvgIpc) is 3.34. The molecule has 0 radical (unpaired) electrons. The van der Waals surface area contributed by atoms with Crippen LogP contribution < -0.4 is 10.6 Å². The first-order valence-electron chi connectivity index (χ1n) is 13.9. The Morgan fingerprint density at radius 2 is 1.69 bits per heavy atom. The Morgan fingerprint density at radius 3 is 2.26 bits per heavy atom. The second-order valence-corrected chi connectivity index (χ2v) is 12.3. The molecular weight excluding hydrogens is 525 g/mol. The molecule has 2 aromatic rings. The molecule has 0 spiro atoms. The SMILES string of the molecule is CC(C)C[C@H](N)c1cc(C(F)(F)F)ccc1N1CCN(C(=O)[N+]2(C(C)C)CCC(c3ccc(Cl)cc3)C2)CC1. The highest BCUT2D eigenvalue weighted by molar-refractivity contribution is 6.30. The first-order valence-corrected chi connectivity index (χ1v) is 14.3. The van der Waals surface area contributed by atoms with Crippen LogP contribution in [-0.2, 0) is 6.18 Å². The molecule has 0 aliphatic carbocycles. The van der Waals surface area contributed by atoms with E-state index in [1.54, 1.807) is 6.07 Å². The summed E-state index contributed by atoms with van der Waals surface area (Å²) in [7, 11) is 0. The number of hydrogen-bond acceptors (Lipinski definition) is 3. The van der Waals surface area contributed by atoms with Crippen molar-refractivity contribution >= 4 is 23.3 Å². The standard InChI is InChI=1S/C30H41ClF3N4O/c1-20(2)17-27(35)26-18-24(30(32,33)34)7-10-28(26)36-12-14-37(15-13-36)29(39)38(21(3)4)16-11-23(19-38)22-5-8-25(31)9-6-22/h5-10,18,20-21,23,27H,11-17,19,35H2,1-4H3/q+1/t23?,27-,38?/m0/s1. The number of amides is 2. The molecule has 2 fully saturated rings. The van der Waals surface area contributed by atoms with Crippen LogP contribution in [0.25, 0.3) is 0 Å². The number of nitrogens with two attached hydrogens (primary N) is 1. The van der Waals surface area contributed by atoms with Crippen molar-refractivity contribution in [2.45, 2.75) is 64.7 Å². The third-order valence-electron chi connectivity index (χ3n) is 8.50. The van der Waals surface area contributed by atoms with Crippen LogP contribution in [0.5, 0.6) is 0 Å². The van der Waals surface area contributed by atoms with Gasteiger partial charge in [0.25, 0.3) is 0 Å². The van der Waals surface area contributed by atoms with Crippen LogP contribution >= 0.6 is 11.6 Å². The van der Waals surface area contributed by atoms with Crippen LogP contribution in [-0.4, -0.2) is 60.7 Å². The third-order valence-corrected chi connectivity index (χ3v) is 8.76. The van der Waals surface area contributed by atoms with Crippen molar-refractivity contribution in [1.82, 2.24) is 4.90 Å². The minimum Gasteiger partial charge on any atom is -0.368 e. The van der Waals surface area contributed by atoms with Gasteiger partial charge in [-0.15, -0.1) is 0 Å². The van der Waals surface area contributed by atoms with E-state index in [1.165, 1.54) is 11.6 Å². The third kappa shape index (κ3) is 6.39. The highest BCUT2D eigenvalue weighted by Gasteiger charge is 2.49. The monoisotopic (exact) mass is 565 g/mol. The second-order valence-electron chi connectivity index (χ2n) is 11.8. The van der Waals surface area contributed by atoms with Gasteiger partial charge in [0.2, 0.25) is 0 Å². The molecule has 2 amide bonds. The Kier molecular flexibility index (Phi) is 8.89. The van der Waals surface area contributed by atoms with E-state index < -0.39 is 17.8 Å². The van der Waals surface area contributed by atoms with Crippen LogP contribution in [0, 0.1) is 5.92 Å². The molecule has 39 heavy (non-hydrogen) atoms. The van der Waals surface area contributed by atoms with Gasteiger partial charge in [0, 0.05) is 55.3 Å². The summed E-state index contributed by atoms with van der Waals surface area (Å²) in [4.78, 5) is 18.0. The van der Waals surface area contributed by atoms with Crippen molar-refractivity contribution in [2.75, 3.05) is 44.2 Å². The zero-order valence-corrected chi connectivity index (χ0v) is 24.1. The molecular formula is C30H41ClF3N4O+. The number of benzene rings is 2. The molecule has 0 saturated carbocycles. The molecule has 214 valence electrons. The first kappa shape index (κ1) is 29.7. The van der Waals surface area contributed by atoms with Gasteiger partial charge in [0.1, 0.15) is 0 Å². The summed E-state index contributed by atoms with van der Waals surface area (Å²) < 4.78 is 40.9. The summed E-state index contributed by atoms with van der Waals surface area (Å²) in [5.41, 5.74) is 8.22. The highest BCUT2D eigenvalue weighted by Crippen LogP contribution is 2.38. The lowest BCUT2D eigenvalue weighted by atomic mass is 9.94. The van der Waals surface area contributed by atoms with E-state index in [0.29, 0.717) is 53.6 Å². The minimum atomic E-state index is -4.43. The van der Waals surface area contributed by atoms with E-state index in [1.807, 2.05) is 30.9 Å². The zero-order chi connectivity index (χ0) is 28.5. The predicted molar refractivity (Wildman–Crippen MR) is 151 cm³/mol. The summed E-state index contributed by atoms with van der Waals surface area (Å²) in [6.45, 7) is 12.0. The van der Waals surface area contributed by atoms with Crippen molar-refractivity contribution in [1.29, 1.82) is 0 Å². The van der Waals surface area contributed by atoms with Gasteiger partial charge in [-0.2, -0.15) is 13.2 Å². The molecule has 5 nitrogen and oxygen atoms in total. The van der Waals surface area contributed by atoms with Gasteiger partial charge in [-0.1, -0.05) is 37.6 Å². The van der Waals surface area contributed by atoms with Crippen molar-refractivity contribution in [3.63, 3.8) is 0 Å². The fourth-order valence-electron chi connectivity index (χ4n) is 6.20. The average molecular weight is 566 g/mol. The molecule has 9 heteroatoms. The number of urea groups is 1. The Bertz CT molecular complexity index is 1150. The molecule has 2 N–H and O–H groups in total. The van der Waals surface area contributed by atoms with Gasteiger partial charge in [0.15, 0.2) is 0 Å². The number of carbonyl (C=O) groups excluding carboxylic acids is 1. The largest absolute Gasteiger partial charge is 0.419 e. The second kappa shape index (κ2) is 11.7. The number of carbonyl (C=O) groups is 1. The molecule has 2 aromatic carbocycles. The number of hydrogen-bond donors (Lipinski definition) is 1. The fraction of sp³-hybridized carbons (Fsp3) is 0.567. The van der Waals surface area contributed by atoms with Gasteiger partial charge >= 0.3 is 12.2 Å². The summed E-state index contributed by atoms with van der Waals surface area (Å²) in [5, 5.41) is 0.705. The van der Waals surface area contributed by atoms with E-state index in [4.69, 9.17) is 17.3 Å². The van der Waals surface area contributed by atoms with Crippen molar-refractivity contribution in [2.24, 2.45) is 11.7 Å². The number of quaternary nitrogens is 1. The number of likely N-dealkylation sites (tertiary alicyclic amines) is 1. The quantitative estimate of drug-likeness (QED) is 0.381. The van der Waals surface area contributed by atoms with Crippen molar-refractivity contribution in [3.8, 4) is 0 Å². The lowest BCUT2D eigenvalue weighted by molar-refractivity contribution is -0.863. The maximum Gasteiger partial charge on any atom is 0.419 e. The van der Waals surface area contributed by atoms with E-state index in [2.05, 4.69) is 30.9 Å². The number of piperazine rings is 1. The summed E-state index contributed by atoms with van der Waals surface area (Å²) in [6, 6.07) is 11.6. The number of halogens is 4. The normalized spacial score (nSPS) is 23.1. The molecule has 0 aromatic heterocycles. The van der Waals surface area contributed by atoms with Crippen LogP contribution in [0.1, 0.15) is 69.2 Å².